The van der Waals surface area contributed by atoms with Gasteiger partial charge in [0, 0.05) is 38.6 Å². The van der Waals surface area contributed by atoms with E-state index in [-0.39, 0.29) is 11.2 Å². The summed E-state index contributed by atoms with van der Waals surface area (Å²) in [7, 11) is 0. The summed E-state index contributed by atoms with van der Waals surface area (Å²) in [6, 6.07) is 0. The van der Waals surface area contributed by atoms with Gasteiger partial charge >= 0.3 is 0 Å². The van der Waals surface area contributed by atoms with Crippen LogP contribution in [0, 0.1) is 0 Å². The van der Waals surface area contributed by atoms with E-state index in [1.807, 2.05) is 4.90 Å². The number of carbonyl (C=O) groups is 1. The third-order valence-corrected chi connectivity index (χ3v) is 3.17. The first-order valence-electron chi connectivity index (χ1n) is 5.70. The van der Waals surface area contributed by atoms with E-state index < -0.39 is 0 Å². The second kappa shape index (κ2) is 5.42. The smallest absolute Gasteiger partial charge is 0.257 e. The molecule has 1 aliphatic rings. The van der Waals surface area contributed by atoms with Crippen molar-refractivity contribution >= 4 is 17.5 Å². The van der Waals surface area contributed by atoms with Crippen molar-refractivity contribution in [2.45, 2.75) is 6.92 Å². The first-order chi connectivity index (χ1) is 8.20. The van der Waals surface area contributed by atoms with Gasteiger partial charge in [-0.05, 0) is 18.1 Å². The maximum absolute atomic E-state index is 12.1. The summed E-state index contributed by atoms with van der Waals surface area (Å²) in [4.78, 5) is 23.9. The minimum Gasteiger partial charge on any atom is -0.336 e. The molecule has 0 aliphatic carbocycles. The van der Waals surface area contributed by atoms with E-state index in [4.69, 9.17) is 11.6 Å². The van der Waals surface area contributed by atoms with Crippen LogP contribution in [0.2, 0.25) is 5.28 Å². The third-order valence-electron chi connectivity index (χ3n) is 2.97. The molecule has 0 unspecified atom stereocenters. The van der Waals surface area contributed by atoms with E-state index in [0.717, 1.165) is 32.7 Å². The Labute approximate surface area is 105 Å². The number of amides is 1. The SMILES string of the molecule is CCN1CCN(C(=O)c2cnc(Cl)nc2)CC1. The lowest BCUT2D eigenvalue weighted by Crippen LogP contribution is -2.48. The molecule has 1 aromatic rings. The zero-order valence-electron chi connectivity index (χ0n) is 9.77. The second-order valence-electron chi connectivity index (χ2n) is 3.97. The average molecular weight is 255 g/mol. The molecule has 17 heavy (non-hydrogen) atoms. The Kier molecular flexibility index (Phi) is 3.91. The Morgan fingerprint density at radius 3 is 2.41 bits per heavy atom. The highest BCUT2D eigenvalue weighted by molar-refractivity contribution is 6.28. The van der Waals surface area contributed by atoms with Crippen molar-refractivity contribution in [3.63, 3.8) is 0 Å². The van der Waals surface area contributed by atoms with Crippen molar-refractivity contribution in [3.8, 4) is 0 Å². The van der Waals surface area contributed by atoms with Gasteiger partial charge in [-0.2, -0.15) is 0 Å². The average Bonchev–Trinajstić information content (AvgIpc) is 2.39. The largest absolute Gasteiger partial charge is 0.336 e. The van der Waals surface area contributed by atoms with Crippen LogP contribution in [0.3, 0.4) is 0 Å². The van der Waals surface area contributed by atoms with Crippen molar-refractivity contribution in [1.29, 1.82) is 0 Å². The van der Waals surface area contributed by atoms with Crippen molar-refractivity contribution < 1.29 is 4.79 Å². The van der Waals surface area contributed by atoms with E-state index in [9.17, 15) is 4.79 Å². The van der Waals surface area contributed by atoms with Gasteiger partial charge in [0.2, 0.25) is 5.28 Å². The number of aromatic nitrogens is 2. The molecule has 2 heterocycles. The number of halogens is 1. The molecular weight excluding hydrogens is 240 g/mol. The quantitative estimate of drug-likeness (QED) is 0.736. The molecule has 1 aliphatic heterocycles. The normalized spacial score (nSPS) is 17.2. The molecule has 2 rings (SSSR count). The number of nitrogens with zero attached hydrogens (tertiary/aromatic N) is 4. The molecule has 0 saturated carbocycles. The van der Waals surface area contributed by atoms with Crippen molar-refractivity contribution in [1.82, 2.24) is 19.8 Å². The second-order valence-corrected chi connectivity index (χ2v) is 4.31. The highest BCUT2D eigenvalue weighted by atomic mass is 35.5. The molecule has 92 valence electrons. The van der Waals surface area contributed by atoms with Gasteiger partial charge in [0.05, 0.1) is 5.56 Å². The van der Waals surface area contributed by atoms with E-state index in [0.29, 0.717) is 5.56 Å². The summed E-state index contributed by atoms with van der Waals surface area (Å²) in [6.07, 6.45) is 2.95. The van der Waals surface area contributed by atoms with Crippen molar-refractivity contribution in [3.05, 3.63) is 23.2 Å². The summed E-state index contributed by atoms with van der Waals surface area (Å²) in [6.45, 7) is 6.54. The molecule has 1 amide bonds. The third kappa shape index (κ3) is 2.92. The molecule has 0 aromatic carbocycles. The zero-order valence-corrected chi connectivity index (χ0v) is 10.5. The first kappa shape index (κ1) is 12.3. The number of hydrogen-bond acceptors (Lipinski definition) is 4. The van der Waals surface area contributed by atoms with Gasteiger partial charge in [-0.3, -0.25) is 4.79 Å². The fourth-order valence-corrected chi connectivity index (χ4v) is 1.97. The summed E-state index contributed by atoms with van der Waals surface area (Å²) in [5.74, 6) is -0.0163. The highest BCUT2D eigenvalue weighted by Gasteiger charge is 2.21. The van der Waals surface area contributed by atoms with Gasteiger partial charge in [-0.1, -0.05) is 6.92 Å². The molecule has 1 saturated heterocycles. The summed E-state index contributed by atoms with van der Waals surface area (Å²) >= 11 is 5.59. The lowest BCUT2D eigenvalue weighted by atomic mass is 10.2. The van der Waals surface area contributed by atoms with Crippen LogP contribution >= 0.6 is 11.6 Å². The number of rotatable bonds is 2. The monoisotopic (exact) mass is 254 g/mol. The molecule has 0 atom stereocenters. The predicted octanol–water partition coefficient (Wildman–Crippen LogP) is 0.908. The van der Waals surface area contributed by atoms with Gasteiger partial charge < -0.3 is 9.80 Å². The fourth-order valence-electron chi connectivity index (χ4n) is 1.87. The Balaban J connectivity index is 1.99. The minimum atomic E-state index is -0.0163. The minimum absolute atomic E-state index is 0.0163. The summed E-state index contributed by atoms with van der Waals surface area (Å²) in [5.41, 5.74) is 0.499. The summed E-state index contributed by atoms with van der Waals surface area (Å²) < 4.78 is 0. The Bertz CT molecular complexity index is 387. The molecule has 0 radical (unpaired) electrons. The number of hydrogen-bond donors (Lipinski definition) is 0. The van der Waals surface area contributed by atoms with Gasteiger partial charge in [-0.25, -0.2) is 9.97 Å². The first-order valence-corrected chi connectivity index (χ1v) is 6.07. The Morgan fingerprint density at radius 2 is 1.88 bits per heavy atom. The molecule has 1 aromatic heterocycles. The molecular formula is C11H15ClN4O. The highest BCUT2D eigenvalue weighted by Crippen LogP contribution is 2.08. The predicted molar refractivity (Wildman–Crippen MR) is 65.1 cm³/mol. The molecule has 5 nitrogen and oxygen atoms in total. The van der Waals surface area contributed by atoms with Crippen LogP contribution in [0.4, 0.5) is 0 Å². The van der Waals surface area contributed by atoms with Gasteiger partial charge in [-0.15, -0.1) is 0 Å². The van der Waals surface area contributed by atoms with Crippen LogP contribution in [0.5, 0.6) is 0 Å². The topological polar surface area (TPSA) is 49.3 Å². The maximum Gasteiger partial charge on any atom is 0.257 e. The van der Waals surface area contributed by atoms with E-state index in [2.05, 4.69) is 21.8 Å². The van der Waals surface area contributed by atoms with E-state index in [1.165, 1.54) is 12.4 Å². The van der Waals surface area contributed by atoms with Crippen molar-refractivity contribution in [2.24, 2.45) is 0 Å². The van der Waals surface area contributed by atoms with Crippen molar-refractivity contribution in [2.75, 3.05) is 32.7 Å². The van der Waals surface area contributed by atoms with E-state index in [1.54, 1.807) is 0 Å². The van der Waals surface area contributed by atoms with Crippen LogP contribution in [-0.2, 0) is 0 Å². The lowest BCUT2D eigenvalue weighted by molar-refractivity contribution is 0.0642. The standard InChI is InChI=1S/C11H15ClN4O/c1-2-15-3-5-16(6-4-15)10(17)9-7-13-11(12)14-8-9/h7-8H,2-6H2,1H3. The van der Waals surface area contributed by atoms with Gasteiger partial charge in [0.15, 0.2) is 0 Å². The van der Waals surface area contributed by atoms with Crippen LogP contribution in [-0.4, -0.2) is 58.4 Å². The number of carbonyl (C=O) groups excluding carboxylic acids is 1. The van der Waals surface area contributed by atoms with Crippen LogP contribution in [0.1, 0.15) is 17.3 Å². The number of piperazine rings is 1. The number of likely N-dealkylation sites (N-methyl/N-ethyl adjacent to an activating group) is 1. The lowest BCUT2D eigenvalue weighted by Gasteiger charge is -2.33. The van der Waals surface area contributed by atoms with Crippen LogP contribution in [0.15, 0.2) is 12.4 Å². The zero-order chi connectivity index (χ0) is 12.3. The molecule has 6 heteroatoms. The summed E-state index contributed by atoms with van der Waals surface area (Å²) in [5, 5.41) is 0.164. The van der Waals surface area contributed by atoms with Gasteiger partial charge in [0.25, 0.3) is 5.91 Å². The van der Waals surface area contributed by atoms with Gasteiger partial charge in [0.1, 0.15) is 0 Å². The maximum atomic E-state index is 12.1. The molecule has 1 fully saturated rings. The molecule has 0 spiro atoms. The molecule has 0 N–H and O–H groups in total. The Hall–Kier alpha value is -1.20. The fraction of sp³-hybridized carbons (Fsp3) is 0.545. The van der Waals surface area contributed by atoms with Crippen LogP contribution in [0.25, 0.3) is 0 Å². The van der Waals surface area contributed by atoms with E-state index >= 15 is 0 Å². The Morgan fingerprint density at radius 1 is 1.29 bits per heavy atom. The molecule has 0 bridgehead atoms. The van der Waals surface area contributed by atoms with Crippen LogP contribution < -0.4 is 0 Å².